The van der Waals surface area contributed by atoms with E-state index in [-0.39, 0.29) is 5.78 Å². The smallest absolute Gasteiger partial charge is 0.130 e. The van der Waals surface area contributed by atoms with Crippen LogP contribution in [-0.4, -0.2) is 12.9 Å². The standard InChI is InChI=1S/C12H15ClO2/c1-8-6-11(13)7-10(12(8)15-3)5-4-9(2)14/h6-7H,4-5H2,1-3H3. The summed E-state index contributed by atoms with van der Waals surface area (Å²) in [6.45, 7) is 3.53. The van der Waals surface area contributed by atoms with E-state index in [0.29, 0.717) is 17.9 Å². The Balaban J connectivity index is 2.98. The van der Waals surface area contributed by atoms with Crippen LogP contribution in [0.2, 0.25) is 5.02 Å². The molecule has 0 saturated heterocycles. The third kappa shape index (κ3) is 3.24. The molecule has 0 aliphatic carbocycles. The monoisotopic (exact) mass is 226 g/mol. The van der Waals surface area contributed by atoms with Crippen molar-refractivity contribution in [2.45, 2.75) is 26.7 Å². The molecular formula is C12H15ClO2. The highest BCUT2D eigenvalue weighted by Gasteiger charge is 2.08. The molecule has 15 heavy (non-hydrogen) atoms. The maximum Gasteiger partial charge on any atom is 0.130 e. The highest BCUT2D eigenvalue weighted by Crippen LogP contribution is 2.28. The Kier molecular flexibility index (Phi) is 4.15. The molecule has 0 spiro atoms. The van der Waals surface area contributed by atoms with Gasteiger partial charge in [-0.2, -0.15) is 0 Å². The van der Waals surface area contributed by atoms with Crippen LogP contribution in [0.5, 0.6) is 5.75 Å². The summed E-state index contributed by atoms with van der Waals surface area (Å²) in [5.74, 6) is 1.01. The lowest BCUT2D eigenvalue weighted by molar-refractivity contribution is -0.116. The van der Waals surface area contributed by atoms with Crippen molar-refractivity contribution >= 4 is 17.4 Å². The molecule has 2 nitrogen and oxygen atoms in total. The summed E-state index contributed by atoms with van der Waals surface area (Å²) >= 11 is 5.95. The van der Waals surface area contributed by atoms with Gasteiger partial charge >= 0.3 is 0 Å². The number of ether oxygens (including phenoxy) is 1. The number of hydrogen-bond acceptors (Lipinski definition) is 2. The molecule has 0 aliphatic heterocycles. The van der Waals surface area contributed by atoms with Crippen molar-refractivity contribution in [1.82, 2.24) is 0 Å². The second kappa shape index (κ2) is 5.17. The molecule has 1 rings (SSSR count). The van der Waals surface area contributed by atoms with Crippen LogP contribution in [0.1, 0.15) is 24.5 Å². The first kappa shape index (κ1) is 12.1. The molecule has 3 heteroatoms. The van der Waals surface area contributed by atoms with Gasteiger partial charge in [-0.3, -0.25) is 0 Å². The first-order valence-corrected chi connectivity index (χ1v) is 5.25. The number of carbonyl (C=O) groups excluding carboxylic acids is 1. The van der Waals surface area contributed by atoms with E-state index in [1.807, 2.05) is 19.1 Å². The van der Waals surface area contributed by atoms with Crippen molar-refractivity contribution < 1.29 is 9.53 Å². The zero-order valence-electron chi connectivity index (χ0n) is 9.26. The normalized spacial score (nSPS) is 10.1. The van der Waals surface area contributed by atoms with Crippen LogP contribution in [-0.2, 0) is 11.2 Å². The van der Waals surface area contributed by atoms with Gasteiger partial charge < -0.3 is 9.53 Å². The Morgan fingerprint density at radius 1 is 1.47 bits per heavy atom. The number of Topliss-reactive ketones (excluding diaryl/α,β-unsaturated/α-hetero) is 1. The van der Waals surface area contributed by atoms with Crippen molar-refractivity contribution in [3.63, 3.8) is 0 Å². The first-order valence-electron chi connectivity index (χ1n) is 4.87. The van der Waals surface area contributed by atoms with Gasteiger partial charge in [-0.1, -0.05) is 11.6 Å². The molecule has 0 aliphatic rings. The highest BCUT2D eigenvalue weighted by molar-refractivity contribution is 6.30. The molecule has 1 aromatic rings. The van der Waals surface area contributed by atoms with Crippen LogP contribution >= 0.6 is 11.6 Å². The Bertz CT molecular complexity index is 372. The summed E-state index contributed by atoms with van der Waals surface area (Å²) < 4.78 is 5.29. The van der Waals surface area contributed by atoms with Crippen LogP contribution in [0.3, 0.4) is 0 Å². The van der Waals surface area contributed by atoms with Gasteiger partial charge in [0, 0.05) is 11.4 Å². The second-order valence-corrected chi connectivity index (χ2v) is 4.05. The molecule has 1 aromatic carbocycles. The van der Waals surface area contributed by atoms with Crippen molar-refractivity contribution in [3.8, 4) is 5.75 Å². The van der Waals surface area contributed by atoms with Gasteiger partial charge in [-0.05, 0) is 43.5 Å². The molecule has 0 bridgehead atoms. The molecule has 0 fully saturated rings. The Morgan fingerprint density at radius 2 is 2.13 bits per heavy atom. The number of rotatable bonds is 4. The average Bonchev–Trinajstić information content (AvgIpc) is 2.13. The molecule has 0 heterocycles. The van der Waals surface area contributed by atoms with E-state index in [2.05, 4.69) is 0 Å². The fourth-order valence-corrected chi connectivity index (χ4v) is 1.88. The minimum Gasteiger partial charge on any atom is -0.496 e. The van der Waals surface area contributed by atoms with Crippen molar-refractivity contribution in [2.24, 2.45) is 0 Å². The lowest BCUT2D eigenvalue weighted by Crippen LogP contribution is -1.99. The predicted molar refractivity (Wildman–Crippen MR) is 61.7 cm³/mol. The van der Waals surface area contributed by atoms with Crippen molar-refractivity contribution in [2.75, 3.05) is 7.11 Å². The van der Waals surface area contributed by atoms with Gasteiger partial charge in [0.25, 0.3) is 0 Å². The maximum atomic E-state index is 10.9. The molecule has 82 valence electrons. The SMILES string of the molecule is COc1c(C)cc(Cl)cc1CCC(C)=O. The van der Waals surface area contributed by atoms with Crippen molar-refractivity contribution in [1.29, 1.82) is 0 Å². The van der Waals surface area contributed by atoms with E-state index in [1.165, 1.54) is 0 Å². The Morgan fingerprint density at radius 3 is 2.67 bits per heavy atom. The Labute approximate surface area is 95.2 Å². The molecule has 0 aromatic heterocycles. The van der Waals surface area contributed by atoms with Gasteiger partial charge in [0.1, 0.15) is 11.5 Å². The molecule has 0 saturated carbocycles. The van der Waals surface area contributed by atoms with E-state index >= 15 is 0 Å². The lowest BCUT2D eigenvalue weighted by Gasteiger charge is -2.11. The number of benzene rings is 1. The number of carbonyl (C=O) groups is 1. The minimum atomic E-state index is 0.176. The van der Waals surface area contributed by atoms with Gasteiger partial charge in [0.15, 0.2) is 0 Å². The van der Waals surface area contributed by atoms with E-state index in [4.69, 9.17) is 16.3 Å². The zero-order valence-corrected chi connectivity index (χ0v) is 10.0. The summed E-state index contributed by atoms with van der Waals surface area (Å²) in [7, 11) is 1.63. The zero-order chi connectivity index (χ0) is 11.4. The molecule has 0 atom stereocenters. The maximum absolute atomic E-state index is 10.9. The van der Waals surface area contributed by atoms with Crippen LogP contribution in [0.4, 0.5) is 0 Å². The molecular weight excluding hydrogens is 212 g/mol. The molecule has 0 amide bonds. The first-order chi connectivity index (χ1) is 7.04. The topological polar surface area (TPSA) is 26.3 Å². The summed E-state index contributed by atoms with van der Waals surface area (Å²) in [5, 5.41) is 0.687. The van der Waals surface area contributed by atoms with E-state index in [1.54, 1.807) is 14.0 Å². The van der Waals surface area contributed by atoms with Crippen LogP contribution < -0.4 is 4.74 Å². The highest BCUT2D eigenvalue weighted by atomic mass is 35.5. The molecule has 0 radical (unpaired) electrons. The Hall–Kier alpha value is -1.02. The summed E-state index contributed by atoms with van der Waals surface area (Å²) in [6.07, 6.45) is 1.20. The molecule has 0 unspecified atom stereocenters. The van der Waals surface area contributed by atoms with Crippen LogP contribution in [0.25, 0.3) is 0 Å². The third-order valence-corrected chi connectivity index (χ3v) is 2.49. The predicted octanol–water partition coefficient (Wildman–Crippen LogP) is 3.18. The fourth-order valence-electron chi connectivity index (χ4n) is 1.59. The summed E-state index contributed by atoms with van der Waals surface area (Å²) in [6, 6.07) is 3.72. The van der Waals surface area contributed by atoms with Gasteiger partial charge in [-0.25, -0.2) is 0 Å². The third-order valence-electron chi connectivity index (χ3n) is 2.27. The van der Waals surface area contributed by atoms with Crippen LogP contribution in [0.15, 0.2) is 12.1 Å². The largest absolute Gasteiger partial charge is 0.496 e. The second-order valence-electron chi connectivity index (χ2n) is 3.62. The fraction of sp³-hybridized carbons (Fsp3) is 0.417. The number of aryl methyl sites for hydroxylation is 2. The number of hydrogen-bond donors (Lipinski definition) is 0. The summed E-state index contributed by atoms with van der Waals surface area (Å²) in [4.78, 5) is 10.9. The quantitative estimate of drug-likeness (QED) is 0.788. The van der Waals surface area contributed by atoms with E-state index in [9.17, 15) is 4.79 Å². The van der Waals surface area contributed by atoms with Gasteiger partial charge in [0.05, 0.1) is 7.11 Å². The van der Waals surface area contributed by atoms with Gasteiger partial charge in [-0.15, -0.1) is 0 Å². The van der Waals surface area contributed by atoms with Crippen LogP contribution in [0, 0.1) is 6.92 Å². The van der Waals surface area contributed by atoms with Gasteiger partial charge in [0.2, 0.25) is 0 Å². The van der Waals surface area contributed by atoms with E-state index in [0.717, 1.165) is 16.9 Å². The van der Waals surface area contributed by atoms with E-state index < -0.39 is 0 Å². The minimum absolute atomic E-state index is 0.176. The number of methoxy groups -OCH3 is 1. The summed E-state index contributed by atoms with van der Waals surface area (Å²) in [5.41, 5.74) is 2.00. The lowest BCUT2D eigenvalue weighted by atomic mass is 10.0. The molecule has 0 N–H and O–H groups in total. The average molecular weight is 227 g/mol. The number of halogens is 1. The van der Waals surface area contributed by atoms with Crippen molar-refractivity contribution in [3.05, 3.63) is 28.3 Å². The number of ketones is 1.